The molecule has 0 bridgehead atoms. The summed E-state index contributed by atoms with van der Waals surface area (Å²) < 4.78 is 0. The molecular weight excluding hydrogens is 1150 g/mol. The number of aliphatic hydroxyl groups is 1. The number of likely N-dealkylation sites (tertiary alicyclic amines) is 1. The molecule has 20 N–H and O–H groups in total. The Kier molecular flexibility index (Phi) is 30.2. The first kappa shape index (κ1) is 73.8. The number of hydrogen-bond acceptors (Lipinski definition) is 15. The molecule has 490 valence electrons. The van der Waals surface area contributed by atoms with Crippen LogP contribution in [0.15, 0.2) is 35.5 Å². The van der Waals surface area contributed by atoms with Gasteiger partial charge in [-0.3, -0.25) is 57.7 Å². The van der Waals surface area contributed by atoms with E-state index in [1.54, 1.807) is 85.9 Å². The summed E-state index contributed by atoms with van der Waals surface area (Å²) in [5, 5.41) is 50.3. The molecule has 1 saturated heterocycles. The number of para-hydroxylation sites is 1. The Balaban J connectivity index is 1.99. The number of aliphatic hydroxyl groups excluding tert-OH is 1. The number of nitrogens with one attached hydrogen (secondary N) is 9. The molecule has 2 heterocycles. The van der Waals surface area contributed by atoms with Gasteiger partial charge in [0.1, 0.15) is 60.4 Å². The first-order valence-corrected chi connectivity index (χ1v) is 29.9. The third-order valence-corrected chi connectivity index (χ3v) is 15.2. The lowest BCUT2D eigenvalue weighted by Gasteiger charge is -2.32. The van der Waals surface area contributed by atoms with Crippen LogP contribution in [-0.4, -0.2) is 182 Å². The number of aliphatic carboxylic acids is 2. The summed E-state index contributed by atoms with van der Waals surface area (Å²) >= 11 is 0. The Morgan fingerprint density at radius 1 is 0.648 bits per heavy atom. The van der Waals surface area contributed by atoms with Gasteiger partial charge >= 0.3 is 11.9 Å². The molecule has 1 aromatic carbocycles. The number of amides is 10. The number of primary amides is 1. The maximum absolute atomic E-state index is 14.7. The van der Waals surface area contributed by atoms with Crippen molar-refractivity contribution >= 4 is 87.9 Å². The fourth-order valence-corrected chi connectivity index (χ4v) is 9.93. The molecule has 2 aromatic rings. The van der Waals surface area contributed by atoms with Crippen molar-refractivity contribution < 1.29 is 72.9 Å². The normalized spacial score (nSPS) is 16.8. The average Bonchev–Trinajstić information content (AvgIpc) is 1.91. The zero-order chi connectivity index (χ0) is 66.1. The summed E-state index contributed by atoms with van der Waals surface area (Å²) in [5.41, 5.74) is 23.6. The lowest BCUT2D eigenvalue weighted by molar-refractivity contribution is -0.143. The Morgan fingerprint density at radius 3 is 1.75 bits per heavy atom. The largest absolute Gasteiger partial charge is 0.481 e. The predicted molar refractivity (Wildman–Crippen MR) is 323 cm³/mol. The van der Waals surface area contributed by atoms with E-state index in [1.807, 2.05) is 0 Å². The molecule has 30 heteroatoms. The second-order valence-electron chi connectivity index (χ2n) is 23.3. The van der Waals surface area contributed by atoms with E-state index in [2.05, 4.69) is 52.5 Å². The zero-order valence-electron chi connectivity index (χ0n) is 51.5. The van der Waals surface area contributed by atoms with Crippen LogP contribution >= 0.6 is 0 Å². The molecule has 12 atom stereocenters. The number of nitrogens with zero attached hydrogens (tertiary/aromatic N) is 2. The number of H-pyrrole nitrogens is 1. The van der Waals surface area contributed by atoms with Crippen molar-refractivity contribution in [3.05, 3.63) is 36.0 Å². The van der Waals surface area contributed by atoms with Gasteiger partial charge in [-0.2, -0.15) is 0 Å². The van der Waals surface area contributed by atoms with Crippen LogP contribution in [0.3, 0.4) is 0 Å². The van der Waals surface area contributed by atoms with Crippen molar-refractivity contribution in [2.45, 2.75) is 193 Å². The first-order chi connectivity index (χ1) is 41.4. The van der Waals surface area contributed by atoms with Gasteiger partial charge in [-0.15, -0.1) is 0 Å². The Hall–Kier alpha value is -8.41. The zero-order valence-corrected chi connectivity index (χ0v) is 51.5. The van der Waals surface area contributed by atoms with Crippen molar-refractivity contribution in [3.8, 4) is 0 Å². The molecule has 10 amide bonds. The third kappa shape index (κ3) is 23.4. The molecular formula is C58H93N15O15. The monoisotopic (exact) mass is 1240 g/mol. The molecule has 1 aliphatic heterocycles. The number of aliphatic imine (C=N–C) groups is 1. The number of benzene rings is 1. The van der Waals surface area contributed by atoms with E-state index in [-0.39, 0.29) is 69.4 Å². The van der Waals surface area contributed by atoms with Gasteiger partial charge in [0.25, 0.3) is 0 Å². The standard InChI is InChI=1S/C58H93N15O15/c1-9-31(7)46(55(85)70-42(57(87)88)24-30(5)6)71-50(80)37(17-13-21-63-58(61)62)65-49(79)38(19-20-45(76)77)66-51(81)39(23-29(3)4)67-53(83)41(26-44(60)75)68-52(82)40(25-33-27-64-36-16-12-11-15-34(33)36)69-54(84)43-18-14-22-73(43)56(86)47(32(8)10-2)72-48(78)35(59)28-74/h11-12,15-16,27,29-32,35,37-43,46-47,64,74H,9-10,13-14,17-26,28,59H2,1-8H3,(H2,60,75)(H,65,79)(H,66,81)(H,67,83)(H,68,82)(H,69,84)(H,70,85)(H,71,80)(H,72,78)(H,76,77)(H,87,88)(H4,61,62,63)/t31-,32-,35-,37-,38-,39-,40-,41-,42-,43-,46-,47-/m0/s1. The average molecular weight is 1240 g/mol. The Labute approximate surface area is 511 Å². The smallest absolute Gasteiger partial charge is 0.326 e. The fraction of sp³-hybridized carbons (Fsp3) is 0.638. The summed E-state index contributed by atoms with van der Waals surface area (Å²) in [6.07, 6.45) is 0.519. The van der Waals surface area contributed by atoms with Gasteiger partial charge in [-0.05, 0) is 80.2 Å². The molecule has 1 fully saturated rings. The molecule has 1 aliphatic rings. The van der Waals surface area contributed by atoms with E-state index in [1.165, 1.54) is 4.90 Å². The van der Waals surface area contributed by atoms with E-state index in [0.29, 0.717) is 35.7 Å². The number of hydrogen-bond donors (Lipinski definition) is 16. The maximum atomic E-state index is 14.7. The van der Waals surface area contributed by atoms with E-state index in [9.17, 15) is 72.9 Å². The Morgan fingerprint density at radius 2 is 1.17 bits per heavy atom. The minimum absolute atomic E-state index is 0.0211. The topological polar surface area (TPSA) is 497 Å². The van der Waals surface area contributed by atoms with E-state index in [4.69, 9.17) is 22.9 Å². The lowest BCUT2D eigenvalue weighted by atomic mass is 9.96. The highest BCUT2D eigenvalue weighted by Crippen LogP contribution is 2.24. The van der Waals surface area contributed by atoms with Crippen molar-refractivity contribution in [3.63, 3.8) is 0 Å². The van der Waals surface area contributed by atoms with E-state index in [0.717, 1.165) is 0 Å². The molecule has 3 rings (SSSR count). The van der Waals surface area contributed by atoms with Crippen molar-refractivity contribution in [2.75, 3.05) is 19.7 Å². The van der Waals surface area contributed by atoms with Crippen LogP contribution < -0.4 is 65.5 Å². The van der Waals surface area contributed by atoms with Gasteiger partial charge in [0.2, 0.25) is 59.1 Å². The molecule has 1 aromatic heterocycles. The van der Waals surface area contributed by atoms with Gasteiger partial charge in [-0.25, -0.2) is 4.79 Å². The number of carboxylic acids is 2. The summed E-state index contributed by atoms with van der Waals surface area (Å²) in [4.78, 5) is 172. The van der Waals surface area contributed by atoms with Gasteiger partial charge in [0, 0.05) is 43.0 Å². The number of carbonyl (C=O) groups is 12. The highest BCUT2D eigenvalue weighted by Gasteiger charge is 2.42. The lowest BCUT2D eigenvalue weighted by Crippen LogP contribution is -2.61. The number of rotatable bonds is 38. The van der Waals surface area contributed by atoms with Gasteiger partial charge < -0.3 is 90.7 Å². The van der Waals surface area contributed by atoms with Crippen LogP contribution in [-0.2, 0) is 64.0 Å². The Bertz CT molecular complexity index is 2790. The number of nitrogens with two attached hydrogens (primary N) is 4. The first-order valence-electron chi connectivity index (χ1n) is 29.9. The SMILES string of the molecule is CC[C@H](C)[C@H](NC(=O)[C@H](CCCN=C(N)N)NC(=O)[C@H](CCC(=O)O)NC(=O)[C@H](CC(C)C)NC(=O)[C@H](CC(N)=O)NC(=O)[C@H](Cc1c[nH]c2ccccc12)NC(=O)[C@@H]1CCCN1C(=O)[C@@H](NC(=O)[C@@H](N)CO)[C@@H](C)CC)C(=O)N[C@@H](CC(C)C)C(=O)O. The van der Waals surface area contributed by atoms with Crippen molar-refractivity contribution in [1.82, 2.24) is 52.4 Å². The van der Waals surface area contributed by atoms with Crippen LogP contribution in [0.4, 0.5) is 0 Å². The third-order valence-electron chi connectivity index (χ3n) is 15.2. The molecule has 0 saturated carbocycles. The number of aromatic amines is 1. The molecule has 88 heavy (non-hydrogen) atoms. The van der Waals surface area contributed by atoms with E-state index >= 15 is 0 Å². The summed E-state index contributed by atoms with van der Waals surface area (Å²) in [6, 6.07) is -7.12. The molecule has 0 spiro atoms. The molecule has 0 aliphatic carbocycles. The van der Waals surface area contributed by atoms with Gasteiger partial charge in [0.15, 0.2) is 5.96 Å². The van der Waals surface area contributed by atoms with Crippen molar-refractivity contribution in [2.24, 2.45) is 51.6 Å². The van der Waals surface area contributed by atoms with Crippen LogP contribution in [0.1, 0.15) is 132 Å². The van der Waals surface area contributed by atoms with Crippen LogP contribution in [0, 0.1) is 23.7 Å². The minimum atomic E-state index is -1.81. The van der Waals surface area contributed by atoms with Gasteiger partial charge in [0.05, 0.1) is 13.0 Å². The molecule has 30 nitrogen and oxygen atoms in total. The van der Waals surface area contributed by atoms with Gasteiger partial charge in [-0.1, -0.05) is 86.4 Å². The fourth-order valence-electron chi connectivity index (χ4n) is 9.93. The predicted octanol–water partition coefficient (Wildman–Crippen LogP) is -2.04. The summed E-state index contributed by atoms with van der Waals surface area (Å²) in [6.45, 7) is 13.3. The number of carboxylic acid groups (broad SMARTS) is 2. The molecule has 0 unspecified atom stereocenters. The highest BCUT2D eigenvalue weighted by atomic mass is 16.4. The number of carbonyl (C=O) groups excluding carboxylic acids is 10. The summed E-state index contributed by atoms with van der Waals surface area (Å²) in [5.74, 6) is -13.5. The van der Waals surface area contributed by atoms with Crippen LogP contribution in [0.2, 0.25) is 0 Å². The second-order valence-corrected chi connectivity index (χ2v) is 23.3. The number of guanidine groups is 1. The minimum Gasteiger partial charge on any atom is -0.481 e. The second kappa shape index (κ2) is 36.0. The highest BCUT2D eigenvalue weighted by molar-refractivity contribution is 6.00. The summed E-state index contributed by atoms with van der Waals surface area (Å²) in [7, 11) is 0. The van der Waals surface area contributed by atoms with Crippen molar-refractivity contribution in [1.29, 1.82) is 0 Å². The molecule has 0 radical (unpaired) electrons. The number of aromatic nitrogens is 1. The number of fused-ring (bicyclic) bond motifs is 1. The maximum Gasteiger partial charge on any atom is 0.326 e. The van der Waals surface area contributed by atoms with Crippen LogP contribution in [0.25, 0.3) is 10.9 Å². The quantitative estimate of drug-likeness (QED) is 0.0196. The van der Waals surface area contributed by atoms with Crippen LogP contribution in [0.5, 0.6) is 0 Å². The van der Waals surface area contributed by atoms with E-state index < -0.39 is 169 Å².